The number of rotatable bonds is 8. The molecule has 0 spiro atoms. The first-order valence-corrected chi connectivity index (χ1v) is 15.8. The molecular weight excluding hydrogens is 563 g/mol. The zero-order valence-corrected chi connectivity index (χ0v) is 25.1. The molecule has 3 aliphatic carbocycles. The molecule has 220 valence electrons. The van der Waals surface area contributed by atoms with Crippen LogP contribution in [-0.4, -0.2) is 56.8 Å². The lowest BCUT2D eigenvalue weighted by Crippen LogP contribution is -2.67. The van der Waals surface area contributed by atoms with Gasteiger partial charge in [-0.05, 0) is 85.9 Å². The number of hydrogen-bond acceptors (Lipinski definition) is 6. The number of carbonyl (C=O) groups is 2. The van der Waals surface area contributed by atoms with Gasteiger partial charge in [0.15, 0.2) is 11.2 Å². The highest BCUT2D eigenvalue weighted by molar-refractivity contribution is 7.13. The standard InChI is InChI=1S/C33H33FN6O2S/c1-38(2)18-32-15-33(16-32,17-32)22-7-5-20(6-8-22)21-12-23-24(25(34)13-21)14-40(30(23)42)28(29(41)37-31-35-9-11-43-31)27-26-4-3-10-39(26)19-36-27/h5-9,11-13,19,28H,3-4,10,14-18H2,1-2H3,(H,35,37,41)/t28-,32?,33?/m1/s1. The maximum absolute atomic E-state index is 15.7. The highest BCUT2D eigenvalue weighted by Gasteiger charge is 2.67. The van der Waals surface area contributed by atoms with Crippen molar-refractivity contribution < 1.29 is 14.0 Å². The van der Waals surface area contributed by atoms with Gasteiger partial charge in [0.05, 0.1) is 18.6 Å². The Bertz CT molecular complexity index is 1740. The van der Waals surface area contributed by atoms with Crippen LogP contribution in [0, 0.1) is 11.2 Å². The van der Waals surface area contributed by atoms with Crippen molar-refractivity contribution in [2.45, 2.75) is 56.7 Å². The van der Waals surface area contributed by atoms with E-state index in [1.165, 1.54) is 47.1 Å². The smallest absolute Gasteiger partial charge is 0.255 e. The zero-order chi connectivity index (χ0) is 29.5. The normalized spacial score (nSPS) is 24.0. The van der Waals surface area contributed by atoms with Gasteiger partial charge in [-0.2, -0.15) is 0 Å². The third-order valence-corrected chi connectivity index (χ3v) is 10.6. The summed E-state index contributed by atoms with van der Waals surface area (Å²) < 4.78 is 17.7. The van der Waals surface area contributed by atoms with Gasteiger partial charge in [0, 0.05) is 41.5 Å². The molecule has 3 saturated carbocycles. The van der Waals surface area contributed by atoms with Crippen molar-refractivity contribution in [2.75, 3.05) is 26.0 Å². The number of nitrogens with zero attached hydrogens (tertiary/aromatic N) is 5. The molecule has 5 aliphatic rings. The number of imidazole rings is 1. The van der Waals surface area contributed by atoms with E-state index in [1.807, 2.05) is 16.7 Å². The van der Waals surface area contributed by atoms with Crippen LogP contribution >= 0.6 is 11.3 Å². The lowest BCUT2D eigenvalue weighted by Gasteiger charge is -2.72. The van der Waals surface area contributed by atoms with E-state index in [4.69, 9.17) is 0 Å². The van der Waals surface area contributed by atoms with Gasteiger partial charge in [0.1, 0.15) is 5.82 Å². The number of aromatic nitrogens is 3. The summed E-state index contributed by atoms with van der Waals surface area (Å²) in [5, 5.41) is 5.07. The Hall–Kier alpha value is -3.89. The second kappa shape index (κ2) is 9.56. The van der Waals surface area contributed by atoms with Crippen LogP contribution in [0.1, 0.15) is 64.6 Å². The Labute approximate surface area is 253 Å². The third-order valence-electron chi connectivity index (χ3n) is 9.91. The largest absolute Gasteiger partial charge is 0.334 e. The Morgan fingerprint density at radius 3 is 2.65 bits per heavy atom. The molecule has 4 aromatic rings. The third kappa shape index (κ3) is 4.17. The van der Waals surface area contributed by atoms with Crippen LogP contribution in [0.5, 0.6) is 0 Å². The number of nitrogens with one attached hydrogen (secondary N) is 1. The number of fused-ring (bicyclic) bond motifs is 2. The summed E-state index contributed by atoms with van der Waals surface area (Å²) >= 11 is 1.30. The molecule has 0 unspecified atom stereocenters. The molecule has 2 bridgehead atoms. The van der Waals surface area contributed by atoms with Gasteiger partial charge in [-0.15, -0.1) is 11.3 Å². The number of anilines is 1. The summed E-state index contributed by atoms with van der Waals surface area (Å²) in [4.78, 5) is 40.1. The van der Waals surface area contributed by atoms with Crippen LogP contribution < -0.4 is 5.32 Å². The monoisotopic (exact) mass is 596 g/mol. The molecule has 43 heavy (non-hydrogen) atoms. The predicted molar refractivity (Wildman–Crippen MR) is 162 cm³/mol. The molecule has 2 aliphatic heterocycles. The first-order valence-electron chi connectivity index (χ1n) is 14.9. The number of benzene rings is 2. The van der Waals surface area contributed by atoms with Crippen molar-refractivity contribution in [2.24, 2.45) is 5.41 Å². The van der Waals surface area contributed by atoms with Crippen molar-refractivity contribution >= 4 is 28.3 Å². The van der Waals surface area contributed by atoms with Gasteiger partial charge in [0.25, 0.3) is 11.8 Å². The maximum atomic E-state index is 15.7. The predicted octanol–water partition coefficient (Wildman–Crippen LogP) is 5.41. The highest BCUT2D eigenvalue weighted by atomic mass is 32.1. The number of aryl methyl sites for hydroxylation is 1. The molecule has 0 saturated heterocycles. The summed E-state index contributed by atoms with van der Waals surface area (Å²) in [6.45, 7) is 1.97. The van der Waals surface area contributed by atoms with Gasteiger partial charge in [0.2, 0.25) is 0 Å². The second-order valence-electron chi connectivity index (χ2n) is 13.1. The molecule has 1 atom stereocenters. The van der Waals surface area contributed by atoms with Crippen LogP contribution in [0.4, 0.5) is 9.52 Å². The number of amides is 2. The van der Waals surface area contributed by atoms with Gasteiger partial charge < -0.3 is 14.4 Å². The number of thiazole rings is 1. The number of halogens is 1. The van der Waals surface area contributed by atoms with Gasteiger partial charge >= 0.3 is 0 Å². The summed E-state index contributed by atoms with van der Waals surface area (Å²) in [6.07, 6.45) is 8.75. The Balaban J connectivity index is 1.07. The highest BCUT2D eigenvalue weighted by Crippen LogP contribution is 2.73. The summed E-state index contributed by atoms with van der Waals surface area (Å²) in [5.74, 6) is -1.21. The van der Waals surface area contributed by atoms with Crippen molar-refractivity contribution in [1.29, 1.82) is 0 Å². The topological polar surface area (TPSA) is 83.4 Å². The van der Waals surface area contributed by atoms with E-state index in [9.17, 15) is 9.59 Å². The molecule has 4 heterocycles. The van der Waals surface area contributed by atoms with Crippen LogP contribution in [0.2, 0.25) is 0 Å². The maximum Gasteiger partial charge on any atom is 0.255 e. The van der Waals surface area contributed by atoms with Gasteiger partial charge in [-0.3, -0.25) is 14.9 Å². The van der Waals surface area contributed by atoms with Crippen molar-refractivity contribution in [3.63, 3.8) is 0 Å². The van der Waals surface area contributed by atoms with Crippen LogP contribution in [0.3, 0.4) is 0 Å². The molecular formula is C33H33FN6O2S. The Kier molecular flexibility index (Phi) is 5.94. The van der Waals surface area contributed by atoms with E-state index in [1.54, 1.807) is 24.0 Å². The Morgan fingerprint density at radius 1 is 1.14 bits per heavy atom. The average Bonchev–Trinajstić information content (AvgIpc) is 3.74. The molecule has 10 heteroatoms. The van der Waals surface area contributed by atoms with Gasteiger partial charge in [-0.1, -0.05) is 24.3 Å². The molecule has 2 amide bonds. The van der Waals surface area contributed by atoms with Crippen LogP contribution in [0.25, 0.3) is 11.1 Å². The van der Waals surface area contributed by atoms with Crippen molar-refractivity contribution in [1.82, 2.24) is 24.3 Å². The molecule has 2 aromatic heterocycles. The first kappa shape index (κ1) is 26.7. The quantitative estimate of drug-likeness (QED) is 0.294. The fourth-order valence-electron chi connectivity index (χ4n) is 8.32. The molecule has 1 N–H and O–H groups in total. The first-order chi connectivity index (χ1) is 20.7. The summed E-state index contributed by atoms with van der Waals surface area (Å²) in [5.41, 5.74) is 5.75. The van der Waals surface area contributed by atoms with Crippen LogP contribution in [-0.2, 0) is 29.7 Å². The second-order valence-corrected chi connectivity index (χ2v) is 14.0. The molecule has 9 rings (SSSR count). The average molecular weight is 597 g/mol. The van der Waals surface area contributed by atoms with E-state index in [0.717, 1.165) is 37.2 Å². The fraction of sp³-hybridized carbons (Fsp3) is 0.394. The molecule has 8 nitrogen and oxygen atoms in total. The number of hydrogen-bond donors (Lipinski definition) is 1. The minimum atomic E-state index is -0.996. The zero-order valence-electron chi connectivity index (χ0n) is 24.3. The minimum Gasteiger partial charge on any atom is -0.334 e. The van der Waals surface area contributed by atoms with Crippen LogP contribution in [0.15, 0.2) is 54.3 Å². The van der Waals surface area contributed by atoms with E-state index in [2.05, 4.69) is 46.4 Å². The van der Waals surface area contributed by atoms with E-state index in [0.29, 0.717) is 32.9 Å². The minimum absolute atomic E-state index is 0.00130. The van der Waals surface area contributed by atoms with E-state index >= 15 is 4.39 Å². The molecule has 2 aromatic carbocycles. The number of carbonyl (C=O) groups excluding carboxylic acids is 2. The molecule has 3 fully saturated rings. The lowest BCUT2D eigenvalue weighted by atomic mass is 9.33. The lowest BCUT2D eigenvalue weighted by molar-refractivity contribution is -0.151. The van der Waals surface area contributed by atoms with Gasteiger partial charge in [-0.25, -0.2) is 14.4 Å². The van der Waals surface area contributed by atoms with E-state index < -0.39 is 17.8 Å². The fourth-order valence-corrected chi connectivity index (χ4v) is 8.86. The molecule has 0 radical (unpaired) electrons. The SMILES string of the molecule is CN(C)CC12CC(c3ccc(-c4cc(F)c5c(c4)C(=O)N([C@@H](C(=O)Nc4nccs4)c4ncn6c4CCC6)C5)cc3)(C1)C2. The van der Waals surface area contributed by atoms with E-state index in [-0.39, 0.29) is 17.9 Å². The Morgan fingerprint density at radius 2 is 1.93 bits per heavy atom. The van der Waals surface area contributed by atoms with Crippen molar-refractivity contribution in [3.05, 3.63) is 88.2 Å². The summed E-state index contributed by atoms with van der Waals surface area (Å²) in [7, 11) is 4.28. The van der Waals surface area contributed by atoms with Crippen molar-refractivity contribution in [3.8, 4) is 11.1 Å². The summed E-state index contributed by atoms with van der Waals surface area (Å²) in [6, 6.07) is 10.7.